The Bertz CT molecular complexity index is 945. The standard InChI is InChI=1S/C16H14Cl2N4O3/c1-8(2)10-6-13(20-22(3)16(10)23)25-14-11(17)4-9(5-12(14)18)15-19-7-24-21-15/h4-8H,1-3H3. The molecule has 0 aliphatic rings. The fourth-order valence-electron chi connectivity index (χ4n) is 2.26. The summed E-state index contributed by atoms with van der Waals surface area (Å²) in [5.74, 6) is 0.839. The molecule has 3 aromatic rings. The van der Waals surface area contributed by atoms with Crippen molar-refractivity contribution < 1.29 is 9.26 Å². The van der Waals surface area contributed by atoms with Crippen molar-refractivity contribution in [3.05, 3.63) is 50.6 Å². The van der Waals surface area contributed by atoms with E-state index in [0.29, 0.717) is 17.0 Å². The van der Waals surface area contributed by atoms with Crippen molar-refractivity contribution in [1.29, 1.82) is 0 Å². The van der Waals surface area contributed by atoms with Crippen molar-refractivity contribution in [1.82, 2.24) is 19.9 Å². The van der Waals surface area contributed by atoms with Crippen LogP contribution in [0.15, 0.2) is 33.9 Å². The van der Waals surface area contributed by atoms with E-state index >= 15 is 0 Å². The van der Waals surface area contributed by atoms with E-state index < -0.39 is 0 Å². The van der Waals surface area contributed by atoms with Crippen molar-refractivity contribution in [2.45, 2.75) is 19.8 Å². The Labute approximate surface area is 153 Å². The third kappa shape index (κ3) is 3.52. The first kappa shape index (κ1) is 17.4. The van der Waals surface area contributed by atoms with Gasteiger partial charge in [-0.2, -0.15) is 4.98 Å². The minimum Gasteiger partial charge on any atom is -0.434 e. The van der Waals surface area contributed by atoms with Crippen LogP contribution in [0, 0.1) is 0 Å². The molecule has 3 rings (SSSR count). The van der Waals surface area contributed by atoms with Gasteiger partial charge in [-0.3, -0.25) is 4.79 Å². The van der Waals surface area contributed by atoms with Crippen LogP contribution in [-0.4, -0.2) is 19.9 Å². The predicted octanol–water partition coefficient (Wildman–Crippen LogP) is 4.05. The fourth-order valence-corrected chi connectivity index (χ4v) is 2.82. The molecule has 0 aliphatic carbocycles. The van der Waals surface area contributed by atoms with Gasteiger partial charge in [0.05, 0.1) is 10.0 Å². The molecule has 1 aromatic carbocycles. The number of aromatic nitrogens is 4. The summed E-state index contributed by atoms with van der Waals surface area (Å²) in [6.45, 7) is 3.83. The number of hydrogen-bond donors (Lipinski definition) is 0. The van der Waals surface area contributed by atoms with Gasteiger partial charge in [0.1, 0.15) is 0 Å². The topological polar surface area (TPSA) is 83.0 Å². The molecule has 0 amide bonds. The van der Waals surface area contributed by atoms with Gasteiger partial charge in [0.2, 0.25) is 18.1 Å². The Morgan fingerprint density at radius 3 is 2.44 bits per heavy atom. The summed E-state index contributed by atoms with van der Waals surface area (Å²) in [6.07, 6.45) is 1.21. The van der Waals surface area contributed by atoms with Gasteiger partial charge in [0.25, 0.3) is 5.56 Å². The number of hydrogen-bond acceptors (Lipinski definition) is 6. The summed E-state index contributed by atoms with van der Waals surface area (Å²) in [5.41, 5.74) is 1.00. The SMILES string of the molecule is CC(C)c1cc(Oc2c(Cl)cc(-c3ncon3)cc2Cl)nn(C)c1=O. The third-order valence-corrected chi connectivity index (χ3v) is 4.08. The fraction of sp³-hybridized carbons (Fsp3) is 0.250. The molecule has 2 aromatic heterocycles. The van der Waals surface area contributed by atoms with E-state index in [9.17, 15) is 4.79 Å². The van der Waals surface area contributed by atoms with E-state index in [1.807, 2.05) is 13.8 Å². The van der Waals surface area contributed by atoms with Crippen molar-refractivity contribution in [2.24, 2.45) is 7.05 Å². The number of aryl methyl sites for hydroxylation is 1. The van der Waals surface area contributed by atoms with E-state index in [1.54, 1.807) is 25.2 Å². The van der Waals surface area contributed by atoms with Crippen molar-refractivity contribution in [3.8, 4) is 23.0 Å². The molecular weight excluding hydrogens is 367 g/mol. The lowest BCUT2D eigenvalue weighted by molar-refractivity contribution is 0.418. The Hall–Kier alpha value is -2.38. The Morgan fingerprint density at radius 2 is 1.88 bits per heavy atom. The first-order chi connectivity index (χ1) is 11.9. The minimum absolute atomic E-state index is 0.0237. The van der Waals surface area contributed by atoms with Crippen LogP contribution >= 0.6 is 23.2 Å². The number of halogens is 2. The van der Waals surface area contributed by atoms with Crippen LogP contribution in [0.3, 0.4) is 0 Å². The molecule has 0 aliphatic heterocycles. The molecule has 0 fully saturated rings. The zero-order valence-corrected chi connectivity index (χ0v) is 15.2. The van der Waals surface area contributed by atoms with Gasteiger partial charge < -0.3 is 9.26 Å². The van der Waals surface area contributed by atoms with Crippen molar-refractivity contribution >= 4 is 23.2 Å². The van der Waals surface area contributed by atoms with Gasteiger partial charge >= 0.3 is 0 Å². The Kier molecular flexibility index (Phi) is 4.78. The van der Waals surface area contributed by atoms with E-state index in [1.165, 1.54) is 11.1 Å². The van der Waals surface area contributed by atoms with Gasteiger partial charge in [0.15, 0.2) is 5.75 Å². The number of ether oxygens (including phenoxy) is 1. The van der Waals surface area contributed by atoms with Crippen LogP contribution in [0.2, 0.25) is 10.0 Å². The lowest BCUT2D eigenvalue weighted by Crippen LogP contribution is -2.24. The average molecular weight is 381 g/mol. The van der Waals surface area contributed by atoms with Crippen LogP contribution in [0.1, 0.15) is 25.3 Å². The summed E-state index contributed by atoms with van der Waals surface area (Å²) in [6, 6.07) is 4.81. The zero-order chi connectivity index (χ0) is 18.1. The van der Waals surface area contributed by atoms with Crippen molar-refractivity contribution in [3.63, 3.8) is 0 Å². The van der Waals surface area contributed by atoms with Crippen LogP contribution < -0.4 is 10.3 Å². The highest BCUT2D eigenvalue weighted by molar-refractivity contribution is 6.37. The first-order valence-corrected chi connectivity index (χ1v) is 8.14. The molecular formula is C16H14Cl2N4O3. The number of nitrogens with zero attached hydrogens (tertiary/aromatic N) is 4. The van der Waals surface area contributed by atoms with Gasteiger partial charge in [0, 0.05) is 24.2 Å². The quantitative estimate of drug-likeness (QED) is 0.678. The van der Waals surface area contributed by atoms with Crippen LogP contribution in [0.4, 0.5) is 0 Å². The van der Waals surface area contributed by atoms with Gasteiger partial charge in [-0.05, 0) is 18.1 Å². The third-order valence-electron chi connectivity index (χ3n) is 3.51. The minimum atomic E-state index is -0.174. The molecule has 25 heavy (non-hydrogen) atoms. The zero-order valence-electron chi connectivity index (χ0n) is 13.7. The largest absolute Gasteiger partial charge is 0.434 e. The highest BCUT2D eigenvalue weighted by atomic mass is 35.5. The molecule has 0 unspecified atom stereocenters. The summed E-state index contributed by atoms with van der Waals surface area (Å²) in [5, 5.41) is 8.35. The molecule has 0 radical (unpaired) electrons. The molecule has 0 saturated carbocycles. The Morgan fingerprint density at radius 1 is 1.20 bits per heavy atom. The van der Waals surface area contributed by atoms with Crippen LogP contribution in [0.25, 0.3) is 11.4 Å². The molecule has 0 saturated heterocycles. The van der Waals surface area contributed by atoms with E-state index in [2.05, 4.69) is 15.2 Å². The smallest absolute Gasteiger partial charge is 0.270 e. The molecule has 7 nitrogen and oxygen atoms in total. The molecule has 2 heterocycles. The maximum Gasteiger partial charge on any atom is 0.270 e. The van der Waals surface area contributed by atoms with Gasteiger partial charge in [-0.1, -0.05) is 42.2 Å². The maximum absolute atomic E-state index is 12.1. The highest BCUT2D eigenvalue weighted by Gasteiger charge is 2.16. The second-order valence-corrected chi connectivity index (χ2v) is 6.46. The lowest BCUT2D eigenvalue weighted by atomic mass is 10.1. The number of benzene rings is 1. The Balaban J connectivity index is 2.00. The summed E-state index contributed by atoms with van der Waals surface area (Å²) >= 11 is 12.6. The molecule has 9 heteroatoms. The second kappa shape index (κ2) is 6.85. The van der Waals surface area contributed by atoms with Crippen molar-refractivity contribution in [2.75, 3.05) is 0 Å². The molecule has 0 atom stereocenters. The predicted molar refractivity (Wildman–Crippen MR) is 93.4 cm³/mol. The van der Waals surface area contributed by atoms with E-state index in [0.717, 1.165) is 0 Å². The highest BCUT2D eigenvalue weighted by Crippen LogP contribution is 2.39. The summed E-state index contributed by atoms with van der Waals surface area (Å²) < 4.78 is 11.7. The average Bonchev–Trinajstić information content (AvgIpc) is 3.08. The molecule has 0 N–H and O–H groups in total. The second-order valence-electron chi connectivity index (χ2n) is 5.65. The van der Waals surface area contributed by atoms with Gasteiger partial charge in [-0.15, -0.1) is 5.10 Å². The lowest BCUT2D eigenvalue weighted by Gasteiger charge is -2.13. The monoisotopic (exact) mass is 380 g/mol. The van der Waals surface area contributed by atoms with Gasteiger partial charge in [-0.25, -0.2) is 4.68 Å². The normalized spacial score (nSPS) is 11.1. The maximum atomic E-state index is 12.1. The van der Waals surface area contributed by atoms with Crippen LogP contribution in [-0.2, 0) is 7.05 Å². The van der Waals surface area contributed by atoms with E-state index in [4.69, 9.17) is 32.5 Å². The number of rotatable bonds is 4. The summed E-state index contributed by atoms with van der Waals surface area (Å²) in [4.78, 5) is 16.0. The molecule has 0 bridgehead atoms. The molecule has 130 valence electrons. The van der Waals surface area contributed by atoms with E-state index in [-0.39, 0.29) is 33.2 Å². The van der Waals surface area contributed by atoms with Crippen LogP contribution in [0.5, 0.6) is 11.6 Å². The first-order valence-electron chi connectivity index (χ1n) is 7.38. The summed E-state index contributed by atoms with van der Waals surface area (Å²) in [7, 11) is 1.56. The molecule has 0 spiro atoms.